The van der Waals surface area contributed by atoms with Gasteiger partial charge in [-0.25, -0.2) is 0 Å². The van der Waals surface area contributed by atoms with E-state index < -0.39 is 0 Å². The summed E-state index contributed by atoms with van der Waals surface area (Å²) in [6.45, 7) is 9.37. The Balaban J connectivity index is 1.97. The Kier molecular flexibility index (Phi) is 7.33. The van der Waals surface area contributed by atoms with Gasteiger partial charge in [0.05, 0.1) is 5.69 Å². The zero-order valence-electron chi connectivity index (χ0n) is 15.2. The van der Waals surface area contributed by atoms with Gasteiger partial charge in [-0.3, -0.25) is 4.99 Å². The maximum Gasteiger partial charge on any atom is 0.0655 e. The lowest BCUT2D eigenvalue weighted by Gasteiger charge is -2.26. The van der Waals surface area contributed by atoms with Crippen LogP contribution in [0.15, 0.2) is 27.7 Å². The van der Waals surface area contributed by atoms with Crippen LogP contribution in [-0.4, -0.2) is 6.21 Å². The Morgan fingerprint density at radius 2 is 2.04 bits per heavy atom. The molecule has 2 rings (SSSR count). The molecule has 0 bridgehead atoms. The number of hydrogen-bond donors (Lipinski definition) is 0. The molecule has 0 amide bonds. The molecule has 0 aromatic heterocycles. The molecule has 0 aliphatic heterocycles. The highest BCUT2D eigenvalue weighted by Gasteiger charge is 2.26. The first-order valence-corrected chi connectivity index (χ1v) is 10.1. The van der Waals surface area contributed by atoms with E-state index in [0.717, 1.165) is 40.3 Å². The fraction of sp³-hybridized carbons (Fsp3) is 0.667. The smallest absolute Gasteiger partial charge is 0.0655 e. The van der Waals surface area contributed by atoms with E-state index in [1.807, 2.05) is 0 Å². The molecule has 4 atom stereocenters. The summed E-state index contributed by atoms with van der Waals surface area (Å²) in [7, 11) is 0. The molecular formula is C21H32BrN. The largest absolute Gasteiger partial charge is 0.261 e. The minimum absolute atomic E-state index is 0.794. The van der Waals surface area contributed by atoms with Crippen LogP contribution in [0.4, 0.5) is 5.69 Å². The van der Waals surface area contributed by atoms with Crippen molar-refractivity contribution in [2.75, 3.05) is 0 Å². The third-order valence-corrected chi connectivity index (χ3v) is 6.36. The first-order chi connectivity index (χ1) is 11.0. The third-order valence-electron chi connectivity index (χ3n) is 5.87. The van der Waals surface area contributed by atoms with Crippen molar-refractivity contribution in [2.45, 2.75) is 66.2 Å². The van der Waals surface area contributed by atoms with Crippen LogP contribution in [0.5, 0.6) is 0 Å². The normalized spacial score (nSPS) is 27.1. The second-order valence-corrected chi connectivity index (χ2v) is 8.44. The van der Waals surface area contributed by atoms with Crippen LogP contribution < -0.4 is 0 Å². The van der Waals surface area contributed by atoms with Crippen molar-refractivity contribution in [3.05, 3.63) is 28.2 Å². The molecule has 1 aromatic carbocycles. The first kappa shape index (κ1) is 18.7. The molecule has 0 spiro atoms. The summed E-state index contributed by atoms with van der Waals surface area (Å²) < 4.78 is 1.13. The molecule has 1 aromatic rings. The van der Waals surface area contributed by atoms with E-state index in [2.05, 4.69) is 68.0 Å². The van der Waals surface area contributed by atoms with Crippen molar-refractivity contribution in [2.24, 2.45) is 28.7 Å². The van der Waals surface area contributed by atoms with Crippen molar-refractivity contribution in [1.29, 1.82) is 0 Å². The molecule has 23 heavy (non-hydrogen) atoms. The van der Waals surface area contributed by atoms with Gasteiger partial charge in [0.15, 0.2) is 0 Å². The molecule has 1 aliphatic carbocycles. The van der Waals surface area contributed by atoms with E-state index in [-0.39, 0.29) is 0 Å². The fourth-order valence-electron chi connectivity index (χ4n) is 3.99. The van der Waals surface area contributed by atoms with Crippen LogP contribution in [0.2, 0.25) is 0 Å². The van der Waals surface area contributed by atoms with Gasteiger partial charge < -0.3 is 0 Å². The molecular weight excluding hydrogens is 346 g/mol. The van der Waals surface area contributed by atoms with Gasteiger partial charge in [-0.05, 0) is 67.2 Å². The van der Waals surface area contributed by atoms with Crippen molar-refractivity contribution < 1.29 is 0 Å². The van der Waals surface area contributed by atoms with E-state index in [0.29, 0.717) is 0 Å². The monoisotopic (exact) mass is 377 g/mol. The lowest BCUT2D eigenvalue weighted by Crippen LogP contribution is -2.17. The molecule has 128 valence electrons. The molecule has 0 radical (unpaired) electrons. The molecule has 0 saturated heterocycles. The van der Waals surface area contributed by atoms with Crippen LogP contribution in [0.3, 0.4) is 0 Å². The highest BCUT2D eigenvalue weighted by atomic mass is 79.9. The van der Waals surface area contributed by atoms with Crippen LogP contribution in [0, 0.1) is 30.6 Å². The second kappa shape index (κ2) is 9.01. The van der Waals surface area contributed by atoms with E-state index in [1.165, 1.54) is 37.7 Å². The highest BCUT2D eigenvalue weighted by molar-refractivity contribution is 9.10. The number of hydrogen-bond acceptors (Lipinski definition) is 1. The minimum Gasteiger partial charge on any atom is -0.261 e. The second-order valence-electron chi connectivity index (χ2n) is 7.53. The lowest BCUT2D eigenvalue weighted by molar-refractivity contribution is 0.255. The summed E-state index contributed by atoms with van der Waals surface area (Å²) in [6.07, 6.45) is 10.2. The van der Waals surface area contributed by atoms with Gasteiger partial charge in [0.25, 0.3) is 0 Å². The van der Waals surface area contributed by atoms with E-state index in [1.54, 1.807) is 0 Å². The van der Waals surface area contributed by atoms with Gasteiger partial charge in [0.1, 0.15) is 0 Å². The van der Waals surface area contributed by atoms with Crippen molar-refractivity contribution in [3.63, 3.8) is 0 Å². The summed E-state index contributed by atoms with van der Waals surface area (Å²) in [5.74, 6) is 3.46. The van der Waals surface area contributed by atoms with E-state index in [9.17, 15) is 0 Å². The van der Waals surface area contributed by atoms with Gasteiger partial charge in [-0.15, -0.1) is 0 Å². The Morgan fingerprint density at radius 3 is 2.74 bits per heavy atom. The highest BCUT2D eigenvalue weighted by Crippen LogP contribution is 2.37. The average Bonchev–Trinajstić information content (AvgIpc) is 2.67. The number of aryl methyl sites for hydroxylation is 1. The number of benzene rings is 1. The molecule has 0 heterocycles. The van der Waals surface area contributed by atoms with Gasteiger partial charge in [0.2, 0.25) is 0 Å². The van der Waals surface area contributed by atoms with Gasteiger partial charge >= 0.3 is 0 Å². The molecule has 1 saturated carbocycles. The predicted molar refractivity (Wildman–Crippen MR) is 106 cm³/mol. The standard InChI is InChI=1S/C21H32BrN/c1-5-18(19-8-6-7-15(2)16(3)13-19)11-12-23-21-10-9-20(22)14-17(21)4/h9-10,12,14-16,18-19H,5-8,11,13H2,1-4H3. The van der Waals surface area contributed by atoms with Gasteiger partial charge in [0, 0.05) is 10.7 Å². The van der Waals surface area contributed by atoms with Crippen molar-refractivity contribution in [1.82, 2.24) is 0 Å². The van der Waals surface area contributed by atoms with Crippen LogP contribution in [0.1, 0.15) is 64.9 Å². The molecule has 4 unspecified atom stereocenters. The molecule has 2 heteroatoms. The maximum atomic E-state index is 4.74. The van der Waals surface area contributed by atoms with E-state index in [4.69, 9.17) is 4.99 Å². The quantitative estimate of drug-likeness (QED) is 0.375. The van der Waals surface area contributed by atoms with Crippen molar-refractivity contribution in [3.8, 4) is 0 Å². The summed E-state index contributed by atoms with van der Waals surface area (Å²) in [6, 6.07) is 6.32. The topological polar surface area (TPSA) is 12.4 Å². The fourth-order valence-corrected chi connectivity index (χ4v) is 4.46. The number of halogens is 1. The summed E-state index contributed by atoms with van der Waals surface area (Å²) >= 11 is 3.52. The zero-order chi connectivity index (χ0) is 16.8. The number of aliphatic imine (C=N–C) groups is 1. The van der Waals surface area contributed by atoms with Gasteiger partial charge in [-0.1, -0.05) is 62.4 Å². The first-order valence-electron chi connectivity index (χ1n) is 9.30. The predicted octanol–water partition coefficient (Wildman–Crippen LogP) is 7.34. The van der Waals surface area contributed by atoms with Gasteiger partial charge in [-0.2, -0.15) is 0 Å². The Hall–Kier alpha value is -0.630. The van der Waals surface area contributed by atoms with E-state index >= 15 is 0 Å². The summed E-state index contributed by atoms with van der Waals surface area (Å²) in [5, 5.41) is 0. The summed E-state index contributed by atoms with van der Waals surface area (Å²) in [4.78, 5) is 4.74. The molecule has 1 fully saturated rings. The molecule has 0 N–H and O–H groups in total. The zero-order valence-corrected chi connectivity index (χ0v) is 16.8. The summed E-state index contributed by atoms with van der Waals surface area (Å²) in [5.41, 5.74) is 2.34. The Morgan fingerprint density at radius 1 is 1.26 bits per heavy atom. The SMILES string of the molecule is CCC(CC=Nc1ccc(Br)cc1C)C1CCCC(C)C(C)C1. The Bertz CT molecular complexity index is 523. The Labute approximate surface area is 151 Å². The third kappa shape index (κ3) is 5.45. The van der Waals surface area contributed by atoms with Crippen LogP contribution in [0.25, 0.3) is 0 Å². The maximum absolute atomic E-state index is 4.74. The molecule has 1 nitrogen and oxygen atoms in total. The molecule has 1 aliphatic rings. The average molecular weight is 378 g/mol. The van der Waals surface area contributed by atoms with Crippen molar-refractivity contribution >= 4 is 27.8 Å². The minimum atomic E-state index is 0.794. The number of rotatable bonds is 5. The van der Waals surface area contributed by atoms with Crippen LogP contribution >= 0.6 is 15.9 Å². The number of nitrogens with zero attached hydrogens (tertiary/aromatic N) is 1. The lowest BCUT2D eigenvalue weighted by atomic mass is 9.79. The van der Waals surface area contributed by atoms with Crippen LogP contribution in [-0.2, 0) is 0 Å².